The van der Waals surface area contributed by atoms with E-state index in [1.165, 1.54) is 6.08 Å². The lowest BCUT2D eigenvalue weighted by atomic mass is 10.2. The van der Waals surface area contributed by atoms with Crippen LogP contribution in [0.1, 0.15) is 12.5 Å². The Labute approximate surface area is 109 Å². The standard InChI is InChI=1S/C11H9Cl3O2/c1-2-16-10(15)4-3-7-5-8(12)11(14)9(13)6-7/h3-6H,2H2,1H3. The first kappa shape index (κ1) is 13.4. The minimum atomic E-state index is -0.412. The molecule has 0 aromatic heterocycles. The third-order valence-electron chi connectivity index (χ3n) is 1.70. The molecule has 0 aliphatic heterocycles. The summed E-state index contributed by atoms with van der Waals surface area (Å²) in [5.41, 5.74) is 0.687. The number of ether oxygens (including phenoxy) is 1. The predicted octanol–water partition coefficient (Wildman–Crippen LogP) is 4.22. The summed E-state index contributed by atoms with van der Waals surface area (Å²) in [6, 6.07) is 3.23. The summed E-state index contributed by atoms with van der Waals surface area (Å²) >= 11 is 17.4. The zero-order chi connectivity index (χ0) is 12.1. The number of hydrogen-bond donors (Lipinski definition) is 0. The van der Waals surface area contributed by atoms with Gasteiger partial charge in [0.15, 0.2) is 0 Å². The van der Waals surface area contributed by atoms with E-state index in [1.807, 2.05) is 0 Å². The molecule has 0 heterocycles. The van der Waals surface area contributed by atoms with Gasteiger partial charge in [-0.2, -0.15) is 0 Å². The van der Waals surface area contributed by atoms with Gasteiger partial charge in [-0.05, 0) is 30.7 Å². The van der Waals surface area contributed by atoms with Crippen LogP contribution in [0.15, 0.2) is 18.2 Å². The first-order valence-corrected chi connectivity index (χ1v) is 5.67. The van der Waals surface area contributed by atoms with Crippen LogP contribution in [-0.2, 0) is 9.53 Å². The Hall–Kier alpha value is -0.700. The average molecular weight is 280 g/mol. The smallest absolute Gasteiger partial charge is 0.330 e. The van der Waals surface area contributed by atoms with Crippen LogP contribution >= 0.6 is 34.8 Å². The van der Waals surface area contributed by atoms with Crippen LogP contribution in [0.4, 0.5) is 0 Å². The van der Waals surface area contributed by atoms with Crippen molar-refractivity contribution in [2.24, 2.45) is 0 Å². The van der Waals surface area contributed by atoms with Gasteiger partial charge in [0, 0.05) is 6.08 Å². The largest absolute Gasteiger partial charge is 0.463 e. The van der Waals surface area contributed by atoms with E-state index in [9.17, 15) is 4.79 Å². The third kappa shape index (κ3) is 3.71. The van der Waals surface area contributed by atoms with Gasteiger partial charge in [-0.1, -0.05) is 34.8 Å². The molecule has 0 saturated heterocycles. The summed E-state index contributed by atoms with van der Waals surface area (Å²) in [5, 5.41) is 0.993. The maximum absolute atomic E-state index is 11.1. The first-order valence-electron chi connectivity index (χ1n) is 4.54. The molecule has 0 spiro atoms. The van der Waals surface area contributed by atoms with Crippen LogP contribution in [0.25, 0.3) is 6.08 Å². The number of rotatable bonds is 3. The average Bonchev–Trinajstić information content (AvgIpc) is 2.23. The summed E-state index contributed by atoms with van der Waals surface area (Å²) < 4.78 is 4.73. The molecule has 86 valence electrons. The summed E-state index contributed by atoms with van der Waals surface area (Å²) in [4.78, 5) is 11.1. The van der Waals surface area contributed by atoms with E-state index in [4.69, 9.17) is 39.5 Å². The SMILES string of the molecule is CCOC(=O)C=Cc1cc(Cl)c(Cl)c(Cl)c1. The van der Waals surface area contributed by atoms with Crippen LogP contribution in [-0.4, -0.2) is 12.6 Å². The van der Waals surface area contributed by atoms with Gasteiger partial charge in [0.2, 0.25) is 0 Å². The molecule has 0 aliphatic rings. The number of carbonyl (C=O) groups is 1. The van der Waals surface area contributed by atoms with Crippen LogP contribution in [0.3, 0.4) is 0 Å². The van der Waals surface area contributed by atoms with Gasteiger partial charge in [0.1, 0.15) is 0 Å². The maximum atomic E-state index is 11.1. The molecule has 5 heteroatoms. The Morgan fingerprint density at radius 3 is 2.38 bits per heavy atom. The molecule has 2 nitrogen and oxygen atoms in total. The second-order valence-electron chi connectivity index (χ2n) is 2.88. The maximum Gasteiger partial charge on any atom is 0.330 e. The van der Waals surface area contributed by atoms with Crippen molar-refractivity contribution in [2.45, 2.75) is 6.92 Å². The normalized spacial score (nSPS) is 10.8. The summed E-state index contributed by atoms with van der Waals surface area (Å²) in [6.07, 6.45) is 2.87. The fourth-order valence-electron chi connectivity index (χ4n) is 1.03. The Morgan fingerprint density at radius 2 is 1.88 bits per heavy atom. The van der Waals surface area contributed by atoms with E-state index in [-0.39, 0.29) is 0 Å². The molecule has 16 heavy (non-hydrogen) atoms. The molecule has 1 aromatic carbocycles. The first-order chi connectivity index (χ1) is 7.54. The van der Waals surface area contributed by atoms with E-state index in [1.54, 1.807) is 25.1 Å². The van der Waals surface area contributed by atoms with Crippen molar-refractivity contribution in [3.8, 4) is 0 Å². The molecule has 0 amide bonds. The molecule has 0 N–H and O–H groups in total. The Kier molecular flexibility index (Phi) is 5.13. The molecular weight excluding hydrogens is 270 g/mol. The highest BCUT2D eigenvalue weighted by Crippen LogP contribution is 2.31. The monoisotopic (exact) mass is 278 g/mol. The number of esters is 1. The van der Waals surface area contributed by atoms with Gasteiger partial charge in [0.25, 0.3) is 0 Å². The van der Waals surface area contributed by atoms with Crippen molar-refractivity contribution < 1.29 is 9.53 Å². The summed E-state index contributed by atoms with van der Waals surface area (Å²) in [7, 11) is 0. The molecule has 0 atom stereocenters. The highest BCUT2D eigenvalue weighted by Gasteiger charge is 2.04. The minimum absolute atomic E-state index is 0.302. The topological polar surface area (TPSA) is 26.3 Å². The number of halogens is 3. The van der Waals surface area contributed by atoms with Gasteiger partial charge in [-0.3, -0.25) is 0 Å². The lowest BCUT2D eigenvalue weighted by Gasteiger charge is -2.01. The van der Waals surface area contributed by atoms with Gasteiger partial charge >= 0.3 is 5.97 Å². The van der Waals surface area contributed by atoms with Gasteiger partial charge in [0.05, 0.1) is 21.7 Å². The fourth-order valence-corrected chi connectivity index (χ4v) is 1.64. The van der Waals surface area contributed by atoms with Crippen LogP contribution in [0.2, 0.25) is 15.1 Å². The van der Waals surface area contributed by atoms with Gasteiger partial charge < -0.3 is 4.74 Å². The molecule has 1 rings (SSSR count). The van der Waals surface area contributed by atoms with Crippen molar-refractivity contribution in [3.05, 3.63) is 38.8 Å². The third-order valence-corrected chi connectivity index (χ3v) is 2.90. The fraction of sp³-hybridized carbons (Fsp3) is 0.182. The van der Waals surface area contributed by atoms with Crippen LogP contribution in [0, 0.1) is 0 Å². The van der Waals surface area contributed by atoms with Crippen LogP contribution in [0.5, 0.6) is 0 Å². The molecule has 0 fully saturated rings. The molecule has 0 bridgehead atoms. The van der Waals surface area contributed by atoms with E-state index >= 15 is 0 Å². The highest BCUT2D eigenvalue weighted by molar-refractivity contribution is 6.48. The molecule has 0 radical (unpaired) electrons. The molecule has 0 unspecified atom stereocenters. The lowest BCUT2D eigenvalue weighted by Crippen LogP contribution is -1.98. The van der Waals surface area contributed by atoms with Crippen molar-refractivity contribution in [1.29, 1.82) is 0 Å². The molecule has 0 aliphatic carbocycles. The van der Waals surface area contributed by atoms with Gasteiger partial charge in [-0.25, -0.2) is 4.79 Å². The number of benzene rings is 1. The van der Waals surface area contributed by atoms with Gasteiger partial charge in [-0.15, -0.1) is 0 Å². The molecular formula is C11H9Cl3O2. The predicted molar refractivity (Wildman–Crippen MR) is 67.1 cm³/mol. The lowest BCUT2D eigenvalue weighted by molar-refractivity contribution is -0.137. The van der Waals surface area contributed by atoms with E-state index in [0.29, 0.717) is 27.2 Å². The quantitative estimate of drug-likeness (QED) is 0.470. The zero-order valence-electron chi connectivity index (χ0n) is 8.47. The van der Waals surface area contributed by atoms with Crippen molar-refractivity contribution >= 4 is 46.8 Å². The second kappa shape index (κ2) is 6.14. The Morgan fingerprint density at radius 1 is 1.31 bits per heavy atom. The molecule has 0 saturated carbocycles. The molecule has 1 aromatic rings. The number of hydrogen-bond acceptors (Lipinski definition) is 2. The second-order valence-corrected chi connectivity index (χ2v) is 4.08. The van der Waals surface area contributed by atoms with E-state index < -0.39 is 5.97 Å². The number of carbonyl (C=O) groups excluding carboxylic acids is 1. The van der Waals surface area contributed by atoms with Crippen molar-refractivity contribution in [1.82, 2.24) is 0 Å². The Balaban J connectivity index is 2.86. The minimum Gasteiger partial charge on any atom is -0.463 e. The zero-order valence-corrected chi connectivity index (χ0v) is 10.7. The van der Waals surface area contributed by atoms with E-state index in [0.717, 1.165) is 0 Å². The summed E-state index contributed by atoms with van der Waals surface area (Å²) in [6.45, 7) is 2.08. The van der Waals surface area contributed by atoms with Crippen molar-refractivity contribution in [2.75, 3.05) is 6.61 Å². The van der Waals surface area contributed by atoms with Crippen molar-refractivity contribution in [3.63, 3.8) is 0 Å². The highest BCUT2D eigenvalue weighted by atomic mass is 35.5. The van der Waals surface area contributed by atoms with E-state index in [2.05, 4.69) is 0 Å². The Bertz CT molecular complexity index is 404. The van der Waals surface area contributed by atoms with Crippen LogP contribution < -0.4 is 0 Å². The summed E-state index contributed by atoms with van der Waals surface area (Å²) in [5.74, 6) is -0.412.